The first-order chi connectivity index (χ1) is 8.44. The first-order valence-electron chi connectivity index (χ1n) is 5.68. The van der Waals surface area contributed by atoms with Gasteiger partial charge < -0.3 is 5.32 Å². The Labute approximate surface area is 113 Å². The molecule has 0 bridgehead atoms. The van der Waals surface area contributed by atoms with Crippen molar-refractivity contribution in [2.75, 3.05) is 11.1 Å². The number of rotatable bonds is 3. The molecule has 2 rings (SSSR count). The molecule has 2 unspecified atom stereocenters. The van der Waals surface area contributed by atoms with Crippen molar-refractivity contribution in [1.29, 1.82) is 0 Å². The lowest BCUT2D eigenvalue weighted by atomic mass is 10.1. The van der Waals surface area contributed by atoms with Crippen LogP contribution in [-0.4, -0.2) is 22.6 Å². The minimum absolute atomic E-state index is 0.0792. The van der Waals surface area contributed by atoms with Gasteiger partial charge in [-0.3, -0.25) is 0 Å². The van der Waals surface area contributed by atoms with Crippen LogP contribution in [-0.2, 0) is 0 Å². The van der Waals surface area contributed by atoms with Gasteiger partial charge in [-0.1, -0.05) is 6.92 Å². The Hall–Kier alpha value is -0.490. The molecular weight excluding hydrogens is 279 g/mol. The molecule has 0 spiro atoms. The maximum atomic E-state index is 12.2. The maximum absolute atomic E-state index is 12.2. The van der Waals surface area contributed by atoms with E-state index >= 15 is 0 Å². The van der Waals surface area contributed by atoms with Gasteiger partial charge in [0.1, 0.15) is 0 Å². The van der Waals surface area contributed by atoms with Gasteiger partial charge >= 0.3 is 5.51 Å². The fourth-order valence-electron chi connectivity index (χ4n) is 1.89. The highest BCUT2D eigenvalue weighted by Crippen LogP contribution is 2.37. The van der Waals surface area contributed by atoms with E-state index < -0.39 is 5.51 Å². The summed E-state index contributed by atoms with van der Waals surface area (Å²) < 4.78 is 36.5. The standard InChI is InChI=1S/C12H14F3NS2/c1-8-11(6-7-17-8)16-9-2-4-10(5-3-9)18-12(13,14)15/h2-5,8,11,16H,6-7H2,1H3. The summed E-state index contributed by atoms with van der Waals surface area (Å²) in [7, 11) is 0. The first kappa shape index (κ1) is 13.9. The average Bonchev–Trinajstić information content (AvgIpc) is 2.65. The zero-order chi connectivity index (χ0) is 13.2. The number of benzene rings is 1. The molecule has 1 heterocycles. The monoisotopic (exact) mass is 293 g/mol. The molecule has 1 saturated heterocycles. The van der Waals surface area contributed by atoms with E-state index in [-0.39, 0.29) is 16.7 Å². The van der Waals surface area contributed by atoms with Crippen LogP contribution in [0.4, 0.5) is 18.9 Å². The zero-order valence-electron chi connectivity index (χ0n) is 9.83. The molecule has 18 heavy (non-hydrogen) atoms. The molecule has 6 heteroatoms. The van der Waals surface area contributed by atoms with Gasteiger partial charge in [0.25, 0.3) is 0 Å². The van der Waals surface area contributed by atoms with Gasteiger partial charge in [-0.15, -0.1) is 0 Å². The highest BCUT2D eigenvalue weighted by atomic mass is 32.2. The van der Waals surface area contributed by atoms with Gasteiger partial charge in [-0.05, 0) is 48.2 Å². The van der Waals surface area contributed by atoms with Crippen molar-refractivity contribution in [2.24, 2.45) is 0 Å². The Morgan fingerprint density at radius 2 is 1.94 bits per heavy atom. The van der Waals surface area contributed by atoms with Crippen LogP contribution in [0.2, 0.25) is 0 Å². The summed E-state index contributed by atoms with van der Waals surface area (Å²) >= 11 is 1.84. The number of thioether (sulfide) groups is 2. The predicted octanol–water partition coefficient (Wildman–Crippen LogP) is 4.60. The van der Waals surface area contributed by atoms with Crippen molar-refractivity contribution in [2.45, 2.75) is 35.0 Å². The van der Waals surface area contributed by atoms with Crippen LogP contribution < -0.4 is 5.32 Å². The highest BCUT2D eigenvalue weighted by molar-refractivity contribution is 8.00. The fourth-order valence-corrected chi connectivity index (χ4v) is 3.63. The Bertz CT molecular complexity index is 391. The third-order valence-electron chi connectivity index (χ3n) is 2.82. The van der Waals surface area contributed by atoms with Crippen LogP contribution in [0.15, 0.2) is 29.2 Å². The second-order valence-electron chi connectivity index (χ2n) is 4.19. The van der Waals surface area contributed by atoms with Crippen LogP contribution in [0.5, 0.6) is 0 Å². The van der Waals surface area contributed by atoms with Gasteiger partial charge in [0.15, 0.2) is 0 Å². The number of hydrogen-bond acceptors (Lipinski definition) is 3. The van der Waals surface area contributed by atoms with Gasteiger partial charge in [0.05, 0.1) is 0 Å². The molecule has 0 aromatic heterocycles. The fraction of sp³-hybridized carbons (Fsp3) is 0.500. The second kappa shape index (κ2) is 5.65. The normalized spacial score (nSPS) is 24.2. The lowest BCUT2D eigenvalue weighted by Gasteiger charge is -2.18. The molecule has 1 nitrogen and oxygen atoms in total. The summed E-state index contributed by atoms with van der Waals surface area (Å²) in [5.41, 5.74) is -3.33. The summed E-state index contributed by atoms with van der Waals surface area (Å²) in [6, 6.07) is 6.85. The number of anilines is 1. The lowest BCUT2D eigenvalue weighted by Crippen LogP contribution is -2.24. The topological polar surface area (TPSA) is 12.0 Å². The van der Waals surface area contributed by atoms with Crippen molar-refractivity contribution in [3.05, 3.63) is 24.3 Å². The largest absolute Gasteiger partial charge is 0.446 e. The minimum Gasteiger partial charge on any atom is -0.381 e. The molecule has 1 fully saturated rings. The van der Waals surface area contributed by atoms with Crippen LogP contribution >= 0.6 is 23.5 Å². The summed E-state index contributed by atoms with van der Waals surface area (Å²) in [6.07, 6.45) is 1.10. The van der Waals surface area contributed by atoms with Crippen molar-refractivity contribution < 1.29 is 13.2 Å². The number of nitrogens with one attached hydrogen (secondary N) is 1. The lowest BCUT2D eigenvalue weighted by molar-refractivity contribution is -0.0328. The summed E-state index contributed by atoms with van der Waals surface area (Å²) in [5.74, 6) is 1.14. The molecule has 0 saturated carbocycles. The maximum Gasteiger partial charge on any atom is 0.446 e. The van der Waals surface area contributed by atoms with Gasteiger partial charge in [0.2, 0.25) is 0 Å². The smallest absolute Gasteiger partial charge is 0.381 e. The summed E-state index contributed by atoms with van der Waals surface area (Å²) in [5, 5.41) is 3.92. The summed E-state index contributed by atoms with van der Waals surface area (Å²) in [6.45, 7) is 2.17. The molecule has 1 N–H and O–H groups in total. The highest BCUT2D eigenvalue weighted by Gasteiger charge is 2.29. The van der Waals surface area contributed by atoms with E-state index in [0.29, 0.717) is 11.3 Å². The molecule has 1 aliphatic rings. The zero-order valence-corrected chi connectivity index (χ0v) is 11.5. The molecular formula is C12H14F3NS2. The predicted molar refractivity (Wildman–Crippen MR) is 72.3 cm³/mol. The SMILES string of the molecule is CC1SCCC1Nc1ccc(SC(F)(F)F)cc1. The molecule has 1 aromatic carbocycles. The minimum atomic E-state index is -4.22. The van der Waals surface area contributed by atoms with Gasteiger partial charge in [-0.25, -0.2) is 0 Å². The third kappa shape index (κ3) is 4.02. The van der Waals surface area contributed by atoms with E-state index in [9.17, 15) is 13.2 Å². The summed E-state index contributed by atoms with van der Waals surface area (Å²) in [4.78, 5) is 0.224. The molecule has 0 radical (unpaired) electrons. The Morgan fingerprint density at radius 3 is 2.44 bits per heavy atom. The molecule has 100 valence electrons. The third-order valence-corrected chi connectivity index (χ3v) is 4.88. The Kier molecular flexibility index (Phi) is 4.37. The van der Waals surface area contributed by atoms with Crippen molar-refractivity contribution in [3.63, 3.8) is 0 Å². The molecule has 1 aliphatic heterocycles. The number of hydrogen-bond donors (Lipinski definition) is 1. The van der Waals surface area contributed by atoms with E-state index in [4.69, 9.17) is 0 Å². The van der Waals surface area contributed by atoms with Crippen molar-refractivity contribution in [1.82, 2.24) is 0 Å². The second-order valence-corrected chi connectivity index (χ2v) is 6.81. The van der Waals surface area contributed by atoms with Crippen LogP contribution in [0.25, 0.3) is 0 Å². The first-order valence-corrected chi connectivity index (χ1v) is 7.54. The van der Waals surface area contributed by atoms with Gasteiger partial charge in [-0.2, -0.15) is 24.9 Å². The van der Waals surface area contributed by atoms with Crippen molar-refractivity contribution in [3.8, 4) is 0 Å². The van der Waals surface area contributed by atoms with E-state index in [0.717, 1.165) is 17.9 Å². The van der Waals surface area contributed by atoms with E-state index in [1.54, 1.807) is 12.1 Å². The molecule has 0 amide bonds. The van der Waals surface area contributed by atoms with E-state index in [2.05, 4.69) is 12.2 Å². The number of alkyl halides is 3. The Morgan fingerprint density at radius 1 is 1.28 bits per heavy atom. The van der Waals surface area contributed by atoms with E-state index in [1.807, 2.05) is 11.8 Å². The number of halogens is 3. The molecule has 0 aliphatic carbocycles. The van der Waals surface area contributed by atoms with Crippen molar-refractivity contribution >= 4 is 29.2 Å². The van der Waals surface area contributed by atoms with Crippen LogP contribution in [0.1, 0.15) is 13.3 Å². The molecule has 1 aromatic rings. The van der Waals surface area contributed by atoms with Crippen LogP contribution in [0, 0.1) is 0 Å². The van der Waals surface area contributed by atoms with Crippen LogP contribution in [0.3, 0.4) is 0 Å². The Balaban J connectivity index is 1.95. The average molecular weight is 293 g/mol. The molecule has 2 atom stereocenters. The van der Waals surface area contributed by atoms with Gasteiger partial charge in [0, 0.05) is 21.9 Å². The van der Waals surface area contributed by atoms with E-state index in [1.165, 1.54) is 12.1 Å². The quantitative estimate of drug-likeness (QED) is 0.818.